The maximum atomic E-state index is 12.7. The van der Waals surface area contributed by atoms with Crippen LogP contribution in [-0.2, 0) is 24.1 Å². The summed E-state index contributed by atoms with van der Waals surface area (Å²) in [6.07, 6.45) is 2.58. The van der Waals surface area contributed by atoms with Crippen molar-refractivity contribution in [2.75, 3.05) is 11.5 Å². The SMILES string of the molecule is CCCc1nc2c(N)nc(C)c(C)c2n1CCC[S+]([O-])c1ccc(Cl)cc1Cl. The molecule has 150 valence electrons. The van der Waals surface area contributed by atoms with Crippen molar-refractivity contribution in [2.24, 2.45) is 0 Å². The second-order valence-electron chi connectivity index (χ2n) is 6.81. The Morgan fingerprint density at radius 2 is 1.96 bits per heavy atom. The first-order chi connectivity index (χ1) is 13.3. The molecule has 1 atom stereocenters. The van der Waals surface area contributed by atoms with E-state index in [4.69, 9.17) is 33.9 Å². The van der Waals surface area contributed by atoms with Crippen LogP contribution < -0.4 is 5.73 Å². The number of halogens is 2. The average Bonchev–Trinajstić information content (AvgIpc) is 2.99. The molecule has 2 N–H and O–H groups in total. The molecule has 0 radical (unpaired) electrons. The van der Waals surface area contributed by atoms with Gasteiger partial charge in [-0.05, 0) is 55.2 Å². The van der Waals surface area contributed by atoms with Gasteiger partial charge in [0.15, 0.2) is 10.7 Å². The van der Waals surface area contributed by atoms with E-state index >= 15 is 0 Å². The van der Waals surface area contributed by atoms with Crippen LogP contribution in [0.1, 0.15) is 36.8 Å². The number of imidazole rings is 1. The Bertz CT molecular complexity index is 1010. The van der Waals surface area contributed by atoms with E-state index in [9.17, 15) is 4.55 Å². The number of nitrogen functional groups attached to an aromatic ring is 1. The molecule has 0 aliphatic carbocycles. The molecule has 0 saturated carbocycles. The van der Waals surface area contributed by atoms with Crippen molar-refractivity contribution in [1.82, 2.24) is 14.5 Å². The summed E-state index contributed by atoms with van der Waals surface area (Å²) in [5, 5.41) is 0.979. The second kappa shape index (κ2) is 8.91. The highest BCUT2D eigenvalue weighted by Crippen LogP contribution is 2.28. The molecule has 1 unspecified atom stereocenters. The summed E-state index contributed by atoms with van der Waals surface area (Å²) in [6.45, 7) is 6.84. The van der Waals surface area contributed by atoms with Gasteiger partial charge < -0.3 is 14.9 Å². The third-order valence-corrected chi connectivity index (χ3v) is 6.97. The van der Waals surface area contributed by atoms with E-state index in [2.05, 4.69) is 16.5 Å². The smallest absolute Gasteiger partial charge is 0.171 e. The molecule has 0 amide bonds. The minimum atomic E-state index is -1.18. The molecule has 3 aromatic rings. The van der Waals surface area contributed by atoms with E-state index in [1.807, 2.05) is 13.8 Å². The first-order valence-corrected chi connectivity index (χ1v) is 11.4. The lowest BCUT2D eigenvalue weighted by Crippen LogP contribution is -2.12. The number of aromatic nitrogens is 3. The fourth-order valence-corrected chi connectivity index (χ4v) is 5.10. The van der Waals surface area contributed by atoms with Crippen LogP contribution in [0.5, 0.6) is 0 Å². The second-order valence-corrected chi connectivity index (χ2v) is 9.20. The van der Waals surface area contributed by atoms with Gasteiger partial charge in [0, 0.05) is 30.1 Å². The number of pyridine rings is 1. The lowest BCUT2D eigenvalue weighted by Gasteiger charge is -2.14. The lowest BCUT2D eigenvalue weighted by atomic mass is 10.2. The van der Waals surface area contributed by atoms with Gasteiger partial charge in [-0.15, -0.1) is 0 Å². The lowest BCUT2D eigenvalue weighted by molar-refractivity contribution is 0.583. The molecule has 2 aromatic heterocycles. The van der Waals surface area contributed by atoms with Crippen LogP contribution in [0.3, 0.4) is 0 Å². The van der Waals surface area contributed by atoms with E-state index in [0.29, 0.717) is 33.1 Å². The first kappa shape index (κ1) is 21.2. The van der Waals surface area contributed by atoms with Crippen molar-refractivity contribution in [3.8, 4) is 0 Å². The number of hydrogen-bond donors (Lipinski definition) is 1. The van der Waals surface area contributed by atoms with E-state index < -0.39 is 11.2 Å². The summed E-state index contributed by atoms with van der Waals surface area (Å²) in [7, 11) is 0. The molecule has 0 bridgehead atoms. The highest BCUT2D eigenvalue weighted by Gasteiger charge is 2.19. The number of benzene rings is 1. The maximum absolute atomic E-state index is 12.7. The molecular formula is C20H24Cl2N4OS. The van der Waals surface area contributed by atoms with Crippen LogP contribution in [0, 0.1) is 13.8 Å². The number of nitrogens with zero attached hydrogens (tertiary/aromatic N) is 3. The van der Waals surface area contributed by atoms with Crippen molar-refractivity contribution in [3.05, 3.63) is 45.3 Å². The zero-order valence-electron chi connectivity index (χ0n) is 16.3. The number of rotatable bonds is 7. The number of fused-ring (bicyclic) bond motifs is 1. The van der Waals surface area contributed by atoms with Crippen LogP contribution >= 0.6 is 23.2 Å². The Hall–Kier alpha value is -1.47. The van der Waals surface area contributed by atoms with E-state index in [1.54, 1.807) is 18.2 Å². The van der Waals surface area contributed by atoms with Gasteiger partial charge in [0.25, 0.3) is 0 Å². The topological polar surface area (TPSA) is 79.8 Å². The fraction of sp³-hybridized carbons (Fsp3) is 0.400. The van der Waals surface area contributed by atoms with E-state index in [-0.39, 0.29) is 0 Å². The van der Waals surface area contributed by atoms with Gasteiger partial charge in [-0.2, -0.15) is 0 Å². The molecule has 3 rings (SSSR count). The van der Waals surface area contributed by atoms with Crippen LogP contribution in [0.2, 0.25) is 10.0 Å². The van der Waals surface area contributed by atoms with Crippen LogP contribution in [0.15, 0.2) is 23.1 Å². The molecule has 0 spiro atoms. The van der Waals surface area contributed by atoms with Gasteiger partial charge in [-0.25, -0.2) is 9.97 Å². The third-order valence-electron chi connectivity index (χ3n) is 4.80. The van der Waals surface area contributed by atoms with Gasteiger partial charge >= 0.3 is 0 Å². The van der Waals surface area contributed by atoms with Crippen molar-refractivity contribution < 1.29 is 4.55 Å². The normalized spacial score (nSPS) is 12.6. The minimum absolute atomic E-state index is 0.441. The molecular weight excluding hydrogens is 415 g/mol. The number of anilines is 1. The molecule has 28 heavy (non-hydrogen) atoms. The summed E-state index contributed by atoms with van der Waals surface area (Å²) in [6, 6.07) is 5.07. The van der Waals surface area contributed by atoms with E-state index in [0.717, 1.165) is 47.4 Å². The van der Waals surface area contributed by atoms with Crippen molar-refractivity contribution in [1.29, 1.82) is 0 Å². The van der Waals surface area contributed by atoms with Gasteiger partial charge in [-0.3, -0.25) is 0 Å². The number of nitrogens with two attached hydrogens (primary N) is 1. The zero-order valence-corrected chi connectivity index (χ0v) is 18.6. The quantitative estimate of drug-likeness (QED) is 0.520. The summed E-state index contributed by atoms with van der Waals surface area (Å²) >= 11 is 10.9. The Balaban J connectivity index is 1.84. The summed E-state index contributed by atoms with van der Waals surface area (Å²) < 4.78 is 14.9. The number of aryl methyl sites for hydroxylation is 4. The zero-order chi connectivity index (χ0) is 20.4. The highest BCUT2D eigenvalue weighted by atomic mass is 35.5. The first-order valence-electron chi connectivity index (χ1n) is 9.28. The molecule has 0 saturated heterocycles. The predicted octanol–water partition coefficient (Wildman–Crippen LogP) is 5.09. The van der Waals surface area contributed by atoms with Crippen LogP contribution in [0.4, 0.5) is 5.82 Å². The van der Waals surface area contributed by atoms with Gasteiger partial charge in [0.2, 0.25) is 0 Å². The fourth-order valence-electron chi connectivity index (χ4n) is 3.33. The minimum Gasteiger partial charge on any atom is -0.611 e. The maximum Gasteiger partial charge on any atom is 0.171 e. The third kappa shape index (κ3) is 4.25. The number of hydrogen-bond acceptors (Lipinski definition) is 4. The van der Waals surface area contributed by atoms with Crippen LogP contribution in [0.25, 0.3) is 11.0 Å². The van der Waals surface area contributed by atoms with Crippen molar-refractivity contribution >= 4 is 51.2 Å². The van der Waals surface area contributed by atoms with Crippen molar-refractivity contribution in [3.63, 3.8) is 0 Å². The molecule has 0 aliphatic heterocycles. The molecule has 5 nitrogen and oxygen atoms in total. The molecule has 2 heterocycles. The van der Waals surface area contributed by atoms with Crippen LogP contribution in [-0.4, -0.2) is 24.8 Å². The Kier molecular flexibility index (Phi) is 6.76. The summed E-state index contributed by atoms with van der Waals surface area (Å²) in [5.74, 6) is 1.96. The van der Waals surface area contributed by atoms with Gasteiger partial charge in [0.05, 0.1) is 10.5 Å². The summed E-state index contributed by atoms with van der Waals surface area (Å²) in [4.78, 5) is 9.78. The molecule has 0 aliphatic rings. The van der Waals surface area contributed by atoms with Crippen molar-refractivity contribution in [2.45, 2.75) is 51.5 Å². The average molecular weight is 439 g/mol. The predicted molar refractivity (Wildman–Crippen MR) is 118 cm³/mol. The summed E-state index contributed by atoms with van der Waals surface area (Å²) in [5.41, 5.74) is 9.91. The van der Waals surface area contributed by atoms with Gasteiger partial charge in [-0.1, -0.05) is 30.1 Å². The van der Waals surface area contributed by atoms with Gasteiger partial charge in [0.1, 0.15) is 17.1 Å². The Morgan fingerprint density at radius 3 is 2.64 bits per heavy atom. The Morgan fingerprint density at radius 1 is 1.21 bits per heavy atom. The molecule has 1 aromatic carbocycles. The highest BCUT2D eigenvalue weighted by molar-refractivity contribution is 7.91. The molecule has 8 heteroatoms. The largest absolute Gasteiger partial charge is 0.611 e. The Labute approximate surface area is 178 Å². The standard InChI is InChI=1S/C20H24Cl2N4OS/c1-4-6-17-25-18-19(12(2)13(3)24-20(18)23)26(17)9-5-10-28(27)16-8-7-14(21)11-15(16)22/h7-8,11H,4-6,9-10H2,1-3H3,(H2,23,24). The van der Waals surface area contributed by atoms with E-state index in [1.165, 1.54) is 0 Å². The molecule has 0 fully saturated rings. The monoisotopic (exact) mass is 438 g/mol.